The van der Waals surface area contributed by atoms with Crippen molar-refractivity contribution in [2.45, 2.75) is 23.3 Å². The minimum Gasteiger partial charge on any atom is -0.313 e. The van der Waals surface area contributed by atoms with Gasteiger partial charge in [0, 0.05) is 16.3 Å². The molecule has 0 aliphatic carbocycles. The van der Waals surface area contributed by atoms with E-state index in [9.17, 15) is 4.39 Å². The molecule has 0 saturated heterocycles. The van der Waals surface area contributed by atoms with Gasteiger partial charge in [-0.25, -0.2) is 4.39 Å². The van der Waals surface area contributed by atoms with Crippen LogP contribution < -0.4 is 5.32 Å². The Balaban J connectivity index is 2.14. The van der Waals surface area contributed by atoms with Gasteiger partial charge in [0.2, 0.25) is 0 Å². The smallest absolute Gasteiger partial charge is 0.137 e. The average Bonchev–Trinajstić information content (AvgIpc) is 2.43. The van der Waals surface area contributed by atoms with E-state index in [0.29, 0.717) is 21.5 Å². The summed E-state index contributed by atoms with van der Waals surface area (Å²) in [6.07, 6.45) is 0. The lowest BCUT2D eigenvalue weighted by Crippen LogP contribution is -2.11. The van der Waals surface area contributed by atoms with Gasteiger partial charge < -0.3 is 5.32 Å². The van der Waals surface area contributed by atoms with E-state index in [0.717, 1.165) is 17.0 Å². The number of rotatable bonds is 5. The molecule has 0 heterocycles. The van der Waals surface area contributed by atoms with Crippen molar-refractivity contribution < 1.29 is 4.39 Å². The van der Waals surface area contributed by atoms with Crippen molar-refractivity contribution in [2.24, 2.45) is 0 Å². The zero-order valence-electron chi connectivity index (χ0n) is 10.9. The van der Waals surface area contributed by atoms with Crippen LogP contribution >= 0.6 is 35.0 Å². The Kier molecular flexibility index (Phi) is 5.73. The number of hydrogen-bond acceptors (Lipinski definition) is 2. The fraction of sp³-hybridized carbons (Fsp3) is 0.200. The molecule has 0 unspecified atom stereocenters. The molecular formula is C15H14Cl2FNS. The second-order valence-corrected chi connectivity index (χ2v) is 6.15. The summed E-state index contributed by atoms with van der Waals surface area (Å²) < 4.78 is 14.0. The maximum Gasteiger partial charge on any atom is 0.137 e. The van der Waals surface area contributed by atoms with Gasteiger partial charge in [-0.2, -0.15) is 0 Å². The average molecular weight is 330 g/mol. The molecule has 2 aromatic carbocycles. The molecule has 0 aliphatic heterocycles. The Morgan fingerprint density at radius 2 is 1.90 bits per heavy atom. The maximum atomic E-state index is 14.0. The fourth-order valence-corrected chi connectivity index (χ4v) is 2.90. The van der Waals surface area contributed by atoms with Crippen LogP contribution in [0.2, 0.25) is 10.0 Å². The van der Waals surface area contributed by atoms with Crippen molar-refractivity contribution in [3.8, 4) is 0 Å². The van der Waals surface area contributed by atoms with Crippen LogP contribution in [-0.2, 0) is 6.54 Å². The van der Waals surface area contributed by atoms with Crippen LogP contribution in [0.3, 0.4) is 0 Å². The first kappa shape index (κ1) is 15.6. The first-order valence-electron chi connectivity index (χ1n) is 6.22. The zero-order chi connectivity index (χ0) is 14.5. The highest BCUT2D eigenvalue weighted by molar-refractivity contribution is 7.99. The van der Waals surface area contributed by atoms with Gasteiger partial charge in [-0.05, 0) is 42.4 Å². The summed E-state index contributed by atoms with van der Waals surface area (Å²) in [7, 11) is 0. The Bertz CT molecular complexity index is 604. The molecule has 0 spiro atoms. The van der Waals surface area contributed by atoms with Gasteiger partial charge in [-0.3, -0.25) is 0 Å². The predicted octanol–water partition coefficient (Wildman–Crippen LogP) is 5.39. The van der Waals surface area contributed by atoms with Crippen molar-refractivity contribution in [1.29, 1.82) is 0 Å². The number of halogens is 3. The normalized spacial score (nSPS) is 10.8. The van der Waals surface area contributed by atoms with Crippen LogP contribution in [0.4, 0.5) is 4.39 Å². The lowest BCUT2D eigenvalue weighted by atomic mass is 10.2. The molecular weight excluding hydrogens is 316 g/mol. The monoisotopic (exact) mass is 329 g/mol. The van der Waals surface area contributed by atoms with Gasteiger partial charge in [0.1, 0.15) is 5.82 Å². The summed E-state index contributed by atoms with van der Waals surface area (Å²) in [5, 5.41) is 4.14. The third-order valence-corrected chi connectivity index (χ3v) is 4.47. The molecule has 20 heavy (non-hydrogen) atoms. The third-order valence-electron chi connectivity index (χ3n) is 2.69. The van der Waals surface area contributed by atoms with Gasteiger partial charge in [0.05, 0.1) is 10.0 Å². The maximum absolute atomic E-state index is 14.0. The minimum absolute atomic E-state index is 0.225. The van der Waals surface area contributed by atoms with E-state index in [4.69, 9.17) is 23.2 Å². The van der Waals surface area contributed by atoms with E-state index in [2.05, 4.69) is 5.32 Å². The second-order valence-electron chi connectivity index (χ2n) is 4.22. The molecule has 106 valence electrons. The minimum atomic E-state index is -0.225. The number of hydrogen-bond donors (Lipinski definition) is 1. The van der Waals surface area contributed by atoms with E-state index in [-0.39, 0.29) is 5.82 Å². The molecule has 0 atom stereocenters. The van der Waals surface area contributed by atoms with Crippen molar-refractivity contribution in [3.63, 3.8) is 0 Å². The highest BCUT2D eigenvalue weighted by atomic mass is 35.5. The van der Waals surface area contributed by atoms with E-state index in [1.807, 2.05) is 19.1 Å². The molecule has 0 aliphatic rings. The van der Waals surface area contributed by atoms with Crippen LogP contribution in [0.15, 0.2) is 46.2 Å². The first-order valence-corrected chi connectivity index (χ1v) is 7.79. The molecule has 5 heteroatoms. The van der Waals surface area contributed by atoms with E-state index in [1.54, 1.807) is 24.3 Å². The highest BCUT2D eigenvalue weighted by Crippen LogP contribution is 2.34. The molecule has 0 fully saturated rings. The Labute approximate surface area is 132 Å². The molecule has 1 N–H and O–H groups in total. The first-order chi connectivity index (χ1) is 9.60. The lowest BCUT2D eigenvalue weighted by molar-refractivity contribution is 0.596. The van der Waals surface area contributed by atoms with Crippen molar-refractivity contribution >= 4 is 35.0 Å². The van der Waals surface area contributed by atoms with Gasteiger partial charge in [0.15, 0.2) is 0 Å². The second kappa shape index (κ2) is 7.32. The topological polar surface area (TPSA) is 12.0 Å². The van der Waals surface area contributed by atoms with Crippen LogP contribution in [0.5, 0.6) is 0 Å². The number of benzene rings is 2. The lowest BCUT2D eigenvalue weighted by Gasteiger charge is -2.07. The molecule has 0 radical (unpaired) electrons. The van der Waals surface area contributed by atoms with Gasteiger partial charge >= 0.3 is 0 Å². The Hall–Kier alpha value is -0.740. The van der Waals surface area contributed by atoms with Crippen molar-refractivity contribution in [3.05, 3.63) is 57.8 Å². The highest BCUT2D eigenvalue weighted by Gasteiger charge is 2.07. The summed E-state index contributed by atoms with van der Waals surface area (Å²) in [6, 6.07) is 10.5. The Morgan fingerprint density at radius 3 is 2.55 bits per heavy atom. The fourth-order valence-electron chi connectivity index (χ4n) is 1.67. The van der Waals surface area contributed by atoms with Crippen LogP contribution in [0, 0.1) is 5.82 Å². The molecule has 0 aromatic heterocycles. The predicted molar refractivity (Wildman–Crippen MR) is 84.4 cm³/mol. The summed E-state index contributed by atoms with van der Waals surface area (Å²) in [4.78, 5) is 1.43. The summed E-state index contributed by atoms with van der Waals surface area (Å²) in [5.74, 6) is -0.225. The quantitative estimate of drug-likeness (QED) is 0.788. The van der Waals surface area contributed by atoms with Crippen LogP contribution in [0.25, 0.3) is 0 Å². The molecule has 0 saturated carbocycles. The van der Waals surface area contributed by atoms with Gasteiger partial charge in [0.25, 0.3) is 0 Å². The summed E-state index contributed by atoms with van der Waals surface area (Å²) in [5.41, 5.74) is 0.933. The Morgan fingerprint density at radius 1 is 1.10 bits per heavy atom. The van der Waals surface area contributed by atoms with Crippen LogP contribution in [-0.4, -0.2) is 6.54 Å². The van der Waals surface area contributed by atoms with Crippen LogP contribution in [0.1, 0.15) is 12.5 Å². The summed E-state index contributed by atoms with van der Waals surface area (Å²) >= 11 is 13.1. The molecule has 1 nitrogen and oxygen atoms in total. The van der Waals surface area contributed by atoms with Crippen molar-refractivity contribution in [2.75, 3.05) is 6.54 Å². The molecule has 0 amide bonds. The van der Waals surface area contributed by atoms with E-state index in [1.165, 1.54) is 11.8 Å². The van der Waals surface area contributed by atoms with E-state index < -0.39 is 0 Å². The third kappa shape index (κ3) is 4.13. The molecule has 2 aromatic rings. The standard InChI is InChI=1S/C15H14Cl2FNS/c1-2-19-9-10-3-6-15(14(18)7-10)20-11-4-5-12(16)13(17)8-11/h3-8,19H,2,9H2,1H3. The SMILES string of the molecule is CCNCc1ccc(Sc2ccc(Cl)c(Cl)c2)c(F)c1. The summed E-state index contributed by atoms with van der Waals surface area (Å²) in [6.45, 7) is 3.55. The van der Waals surface area contributed by atoms with Crippen molar-refractivity contribution in [1.82, 2.24) is 5.32 Å². The molecule has 2 rings (SSSR count). The largest absolute Gasteiger partial charge is 0.313 e. The van der Waals surface area contributed by atoms with Gasteiger partial charge in [-0.15, -0.1) is 0 Å². The molecule has 0 bridgehead atoms. The van der Waals surface area contributed by atoms with Gasteiger partial charge in [-0.1, -0.05) is 48.0 Å². The zero-order valence-corrected chi connectivity index (χ0v) is 13.2. The number of nitrogens with one attached hydrogen (secondary N) is 1. The van der Waals surface area contributed by atoms with E-state index >= 15 is 0 Å².